The summed E-state index contributed by atoms with van der Waals surface area (Å²) < 4.78 is 223. The first-order valence-corrected chi connectivity index (χ1v) is 7.26. The Bertz CT molecular complexity index is 838. The van der Waals surface area contributed by atoms with E-state index >= 15 is 0 Å². The Morgan fingerprint density at radius 3 is 1.09 bits per heavy atom. The van der Waals surface area contributed by atoms with Crippen LogP contribution < -0.4 is 0 Å². The van der Waals surface area contributed by atoms with Gasteiger partial charge in [0.2, 0.25) is 0 Å². The highest BCUT2D eigenvalue weighted by molar-refractivity contribution is 5.38. The van der Waals surface area contributed by atoms with Crippen LogP contribution in [0.5, 0.6) is 5.75 Å². The predicted octanol–water partition coefficient (Wildman–Crippen LogP) is 6.86. The lowest BCUT2D eigenvalue weighted by Crippen LogP contribution is -2.74. The minimum Gasteiger partial charge on any atom is -0.507 e. The Morgan fingerprint density at radius 2 is 0.750 bits per heavy atom. The van der Waals surface area contributed by atoms with Gasteiger partial charge in [0.1, 0.15) is 5.75 Å². The molecule has 0 saturated heterocycles. The third kappa shape index (κ3) is 3.31. The summed E-state index contributed by atoms with van der Waals surface area (Å²) in [6.07, 6.45) is -7.80. The molecule has 1 N–H and O–H groups in total. The average Bonchev–Trinajstić information content (AvgIpc) is 2.59. The van der Waals surface area contributed by atoms with E-state index in [1.54, 1.807) is 0 Å². The number of phenolic OH excluding ortho intramolecular Hbond substituents is 1. The molecular weight excluding hydrogens is 507 g/mol. The normalized spacial score (nSPS) is 15.8. The number of benzene rings is 1. The van der Waals surface area contributed by atoms with Crippen molar-refractivity contribution in [1.82, 2.24) is 0 Å². The van der Waals surface area contributed by atoms with Crippen LogP contribution in [-0.2, 0) is 5.92 Å². The fraction of sp³-hybridized carbons (Fsp3) is 0.571. The summed E-state index contributed by atoms with van der Waals surface area (Å²) in [5.74, 6) is -59.1. The second-order valence-corrected chi connectivity index (χ2v) is 6.04. The standard InChI is InChI=1S/C14H5F17O/c15-7(16,5-3-1-2-4-6(5)32)8(17,18)9(19,20)10(21,22)11(23,24)12(25,26)13(27,28)14(29,30)31/h1-4,32H. The molecule has 186 valence electrons. The highest BCUT2D eigenvalue weighted by Gasteiger charge is 2.95. The Hall–Kier alpha value is -2.17. The van der Waals surface area contributed by atoms with E-state index in [0.717, 1.165) is 0 Å². The molecule has 0 radical (unpaired) electrons. The van der Waals surface area contributed by atoms with Crippen LogP contribution >= 0.6 is 0 Å². The van der Waals surface area contributed by atoms with Gasteiger partial charge in [0.05, 0.1) is 5.56 Å². The quantitative estimate of drug-likeness (QED) is 0.396. The lowest BCUT2D eigenvalue weighted by Gasteiger charge is -2.42. The van der Waals surface area contributed by atoms with E-state index in [9.17, 15) is 74.6 Å². The molecule has 0 aliphatic carbocycles. The Balaban J connectivity index is 3.74. The van der Waals surface area contributed by atoms with Crippen LogP contribution in [0.15, 0.2) is 24.3 Å². The molecular formula is C14H5F17O. The molecule has 0 spiro atoms. The highest BCUT2D eigenvalue weighted by Crippen LogP contribution is 2.65. The molecule has 0 fully saturated rings. The minimum absolute atomic E-state index is 0.0856. The summed E-state index contributed by atoms with van der Waals surface area (Å²) in [6, 6.07) is 0.667. The van der Waals surface area contributed by atoms with E-state index < -0.39 is 58.9 Å². The van der Waals surface area contributed by atoms with Crippen LogP contribution in [0.25, 0.3) is 0 Å². The molecule has 32 heavy (non-hydrogen) atoms. The molecule has 0 aromatic heterocycles. The van der Waals surface area contributed by atoms with Crippen molar-refractivity contribution in [3.63, 3.8) is 0 Å². The Morgan fingerprint density at radius 1 is 0.438 bits per heavy atom. The average molecular weight is 512 g/mol. The maximum Gasteiger partial charge on any atom is 0.460 e. The van der Waals surface area contributed by atoms with Gasteiger partial charge in [0.15, 0.2) is 0 Å². The number of hydrogen-bond donors (Lipinski definition) is 1. The lowest BCUT2D eigenvalue weighted by atomic mass is 9.87. The van der Waals surface area contributed by atoms with E-state index in [1.807, 2.05) is 0 Å². The highest BCUT2D eigenvalue weighted by atomic mass is 19.4. The van der Waals surface area contributed by atoms with Crippen LogP contribution in [0.3, 0.4) is 0 Å². The van der Waals surface area contributed by atoms with E-state index in [1.165, 1.54) is 0 Å². The van der Waals surface area contributed by atoms with Gasteiger partial charge < -0.3 is 5.11 Å². The number of aromatic hydroxyl groups is 1. The van der Waals surface area contributed by atoms with Crippen molar-refractivity contribution in [1.29, 1.82) is 0 Å². The lowest BCUT2D eigenvalue weighted by molar-refractivity contribution is -0.462. The van der Waals surface area contributed by atoms with Crippen LogP contribution in [-0.4, -0.2) is 46.8 Å². The Labute approximate surface area is 164 Å². The molecule has 0 atom stereocenters. The van der Waals surface area contributed by atoms with E-state index in [2.05, 4.69) is 0 Å². The van der Waals surface area contributed by atoms with Gasteiger partial charge in [-0.25, -0.2) is 0 Å². The molecule has 0 aliphatic heterocycles. The van der Waals surface area contributed by atoms with Crippen LogP contribution in [0, 0.1) is 0 Å². The number of hydrogen-bond acceptors (Lipinski definition) is 1. The summed E-state index contributed by atoms with van der Waals surface area (Å²) in [7, 11) is 0. The predicted molar refractivity (Wildman–Crippen MR) is 67.7 cm³/mol. The SMILES string of the molecule is Oc1ccccc1C(F)(F)C(F)(F)C(F)(F)C(F)(F)C(F)(F)C(F)(F)C(F)(F)C(F)(F)F. The van der Waals surface area contributed by atoms with Gasteiger partial charge in [0.25, 0.3) is 0 Å². The molecule has 0 aliphatic rings. The van der Waals surface area contributed by atoms with Crippen molar-refractivity contribution in [2.75, 3.05) is 0 Å². The summed E-state index contributed by atoms with van der Waals surface area (Å²) >= 11 is 0. The van der Waals surface area contributed by atoms with Crippen LogP contribution in [0.2, 0.25) is 0 Å². The van der Waals surface area contributed by atoms with Gasteiger partial charge in [-0.1, -0.05) is 12.1 Å². The van der Waals surface area contributed by atoms with Gasteiger partial charge in [-0.2, -0.15) is 74.6 Å². The number of phenols is 1. The van der Waals surface area contributed by atoms with Crippen molar-refractivity contribution < 1.29 is 79.7 Å². The third-order valence-electron chi connectivity index (χ3n) is 3.96. The minimum atomic E-state index is -8.68. The van der Waals surface area contributed by atoms with Crippen molar-refractivity contribution in [3.05, 3.63) is 29.8 Å². The molecule has 0 unspecified atom stereocenters. The largest absolute Gasteiger partial charge is 0.507 e. The molecule has 0 saturated carbocycles. The first-order chi connectivity index (χ1) is 13.8. The van der Waals surface area contributed by atoms with Crippen LogP contribution in [0.1, 0.15) is 5.56 Å². The van der Waals surface area contributed by atoms with Crippen molar-refractivity contribution in [2.45, 2.75) is 47.6 Å². The maximum absolute atomic E-state index is 13.8. The summed E-state index contributed by atoms with van der Waals surface area (Å²) in [6.45, 7) is 0. The summed E-state index contributed by atoms with van der Waals surface area (Å²) in [5, 5.41) is 9.03. The zero-order valence-electron chi connectivity index (χ0n) is 14.2. The Kier molecular flexibility index (Phi) is 6.24. The summed E-state index contributed by atoms with van der Waals surface area (Å²) in [4.78, 5) is 0. The number of halogens is 17. The fourth-order valence-electron chi connectivity index (χ4n) is 2.07. The number of alkyl halides is 17. The van der Waals surface area contributed by atoms with E-state index in [4.69, 9.17) is 5.11 Å². The smallest absolute Gasteiger partial charge is 0.460 e. The van der Waals surface area contributed by atoms with E-state index in [0.29, 0.717) is 12.1 Å². The van der Waals surface area contributed by atoms with Crippen LogP contribution in [0.4, 0.5) is 74.6 Å². The van der Waals surface area contributed by atoms with Crippen molar-refractivity contribution in [3.8, 4) is 5.75 Å². The molecule has 0 amide bonds. The zero-order valence-corrected chi connectivity index (χ0v) is 14.2. The molecule has 0 bridgehead atoms. The molecule has 0 heterocycles. The van der Waals surface area contributed by atoms with Crippen molar-refractivity contribution >= 4 is 0 Å². The molecule has 18 heteroatoms. The fourth-order valence-corrected chi connectivity index (χ4v) is 2.07. The van der Waals surface area contributed by atoms with Gasteiger partial charge >= 0.3 is 47.6 Å². The first-order valence-electron chi connectivity index (χ1n) is 7.26. The number of para-hydroxylation sites is 1. The monoisotopic (exact) mass is 512 g/mol. The molecule has 1 aromatic rings. The maximum atomic E-state index is 13.8. The van der Waals surface area contributed by atoms with Crippen molar-refractivity contribution in [2.24, 2.45) is 0 Å². The van der Waals surface area contributed by atoms with E-state index in [-0.39, 0.29) is 12.1 Å². The molecule has 1 rings (SSSR count). The van der Waals surface area contributed by atoms with Gasteiger partial charge in [-0.05, 0) is 12.1 Å². The van der Waals surface area contributed by atoms with Gasteiger partial charge in [-0.15, -0.1) is 0 Å². The van der Waals surface area contributed by atoms with Gasteiger partial charge in [0, 0.05) is 0 Å². The topological polar surface area (TPSA) is 20.2 Å². The second kappa shape index (κ2) is 7.16. The number of rotatable bonds is 7. The molecule has 1 nitrogen and oxygen atoms in total. The second-order valence-electron chi connectivity index (χ2n) is 6.04. The zero-order chi connectivity index (χ0) is 26.0. The summed E-state index contributed by atoms with van der Waals surface area (Å²) in [5.41, 5.74) is -2.63. The van der Waals surface area contributed by atoms with Gasteiger partial charge in [-0.3, -0.25) is 0 Å². The third-order valence-corrected chi connectivity index (χ3v) is 3.96. The first kappa shape index (κ1) is 27.9. The molecule has 1 aromatic carbocycles.